The fourth-order valence-corrected chi connectivity index (χ4v) is 1.66. The molecular weight excluding hydrogens is 204 g/mol. The van der Waals surface area contributed by atoms with Crippen LogP contribution in [-0.2, 0) is 9.59 Å². The summed E-state index contributed by atoms with van der Waals surface area (Å²) in [7, 11) is 0. The molecule has 0 amide bonds. The molecule has 2 atom stereocenters. The van der Waals surface area contributed by atoms with Gasteiger partial charge in [-0.25, -0.2) is 19.6 Å². The van der Waals surface area contributed by atoms with Crippen LogP contribution in [-0.4, -0.2) is 24.2 Å². The zero-order valence-electron chi connectivity index (χ0n) is 10.1. The van der Waals surface area contributed by atoms with E-state index in [4.69, 9.17) is 0 Å². The van der Waals surface area contributed by atoms with E-state index >= 15 is 0 Å². The van der Waals surface area contributed by atoms with Gasteiger partial charge in [0.05, 0.1) is 12.1 Å². The molecule has 0 bridgehead atoms. The van der Waals surface area contributed by atoms with Crippen LogP contribution in [0.5, 0.6) is 0 Å². The normalized spacial score (nSPS) is 13.4. The minimum absolute atomic E-state index is 0.0525. The Labute approximate surface area is 96.9 Å². The highest BCUT2D eigenvalue weighted by atomic mass is 16.1. The van der Waals surface area contributed by atoms with E-state index in [1.54, 1.807) is 12.2 Å². The second-order valence-electron chi connectivity index (χ2n) is 4.02. The highest BCUT2D eigenvalue weighted by Crippen LogP contribution is 2.13. The number of hydrogen-bond acceptors (Lipinski definition) is 4. The van der Waals surface area contributed by atoms with Crippen molar-refractivity contribution in [3.8, 4) is 0 Å². The molecule has 0 aromatic heterocycles. The van der Waals surface area contributed by atoms with Crippen molar-refractivity contribution in [1.82, 2.24) is 0 Å². The van der Waals surface area contributed by atoms with Crippen LogP contribution in [0, 0.1) is 0 Å². The van der Waals surface area contributed by atoms with Crippen molar-refractivity contribution in [1.29, 1.82) is 0 Å². The maximum absolute atomic E-state index is 10.2. The Balaban J connectivity index is 3.69. The number of aliphatic imine (C=N–C) groups is 2. The molecule has 0 fully saturated rings. The lowest BCUT2D eigenvalue weighted by Gasteiger charge is -2.09. The predicted molar refractivity (Wildman–Crippen MR) is 62.9 cm³/mol. The van der Waals surface area contributed by atoms with Gasteiger partial charge in [-0.05, 0) is 26.2 Å². The summed E-state index contributed by atoms with van der Waals surface area (Å²) >= 11 is 0. The van der Waals surface area contributed by atoms with E-state index in [-0.39, 0.29) is 12.1 Å². The molecule has 90 valence electrons. The first-order valence-corrected chi connectivity index (χ1v) is 5.88. The average Bonchev–Trinajstić information content (AvgIpc) is 2.25. The maximum Gasteiger partial charge on any atom is 0.235 e. The third-order valence-electron chi connectivity index (χ3n) is 2.54. The van der Waals surface area contributed by atoms with E-state index in [0.29, 0.717) is 0 Å². The van der Waals surface area contributed by atoms with Gasteiger partial charge in [-0.1, -0.05) is 26.2 Å². The molecule has 0 aliphatic rings. The summed E-state index contributed by atoms with van der Waals surface area (Å²) in [5.41, 5.74) is 0. The molecule has 1 unspecified atom stereocenters. The molecule has 0 radical (unpaired) electrons. The molecular formula is C12H20N2O2. The molecule has 0 heterocycles. The number of nitrogens with zero attached hydrogens (tertiary/aromatic N) is 2. The van der Waals surface area contributed by atoms with Gasteiger partial charge < -0.3 is 0 Å². The van der Waals surface area contributed by atoms with Crippen molar-refractivity contribution in [2.45, 2.75) is 64.5 Å². The Bertz CT molecular complexity index is 266. The predicted octanol–water partition coefficient (Wildman–Crippen LogP) is 2.78. The lowest BCUT2D eigenvalue weighted by atomic mass is 10.0. The molecule has 0 rings (SSSR count). The van der Waals surface area contributed by atoms with Gasteiger partial charge in [0.2, 0.25) is 12.2 Å². The first kappa shape index (κ1) is 14.8. The van der Waals surface area contributed by atoms with Crippen LogP contribution < -0.4 is 0 Å². The summed E-state index contributed by atoms with van der Waals surface area (Å²) < 4.78 is 0. The van der Waals surface area contributed by atoms with Crippen molar-refractivity contribution in [2.75, 3.05) is 0 Å². The molecule has 0 aromatic carbocycles. The van der Waals surface area contributed by atoms with E-state index in [9.17, 15) is 9.59 Å². The molecule has 0 spiro atoms. The highest BCUT2D eigenvalue weighted by Gasteiger charge is 2.06. The van der Waals surface area contributed by atoms with Crippen LogP contribution in [0.15, 0.2) is 9.98 Å². The Kier molecular flexibility index (Phi) is 9.49. The van der Waals surface area contributed by atoms with E-state index in [1.807, 2.05) is 6.92 Å². The summed E-state index contributed by atoms with van der Waals surface area (Å²) in [4.78, 5) is 27.5. The lowest BCUT2D eigenvalue weighted by Crippen LogP contribution is -2.04. The second-order valence-corrected chi connectivity index (χ2v) is 4.02. The van der Waals surface area contributed by atoms with Gasteiger partial charge in [0, 0.05) is 0 Å². The lowest BCUT2D eigenvalue weighted by molar-refractivity contribution is 0.495. The van der Waals surface area contributed by atoms with Crippen molar-refractivity contribution in [3.63, 3.8) is 0 Å². The fraction of sp³-hybridized carbons (Fsp3) is 0.833. The molecule has 0 saturated heterocycles. The Hall–Kier alpha value is -1.24. The summed E-state index contributed by atoms with van der Waals surface area (Å²) in [6.45, 7) is 3.98. The molecule has 0 aliphatic carbocycles. The van der Waals surface area contributed by atoms with E-state index in [1.165, 1.54) is 0 Å². The minimum Gasteiger partial charge on any atom is -0.211 e. The number of isocyanates is 2. The van der Waals surface area contributed by atoms with Gasteiger partial charge in [-0.3, -0.25) is 0 Å². The number of carbonyl (C=O) groups excluding carboxylic acids is 2. The van der Waals surface area contributed by atoms with E-state index in [0.717, 1.165) is 38.5 Å². The summed E-state index contributed by atoms with van der Waals surface area (Å²) in [5, 5.41) is 0. The van der Waals surface area contributed by atoms with Gasteiger partial charge in [0.1, 0.15) is 0 Å². The summed E-state index contributed by atoms with van der Waals surface area (Å²) in [6.07, 6.45) is 8.98. The van der Waals surface area contributed by atoms with E-state index in [2.05, 4.69) is 16.9 Å². The smallest absolute Gasteiger partial charge is 0.211 e. The molecule has 0 N–H and O–H groups in total. The average molecular weight is 224 g/mol. The molecule has 4 nitrogen and oxygen atoms in total. The minimum atomic E-state index is 0.0525. The van der Waals surface area contributed by atoms with Gasteiger partial charge in [-0.2, -0.15) is 0 Å². The van der Waals surface area contributed by atoms with Crippen molar-refractivity contribution in [3.05, 3.63) is 0 Å². The van der Waals surface area contributed by atoms with E-state index < -0.39 is 0 Å². The largest absolute Gasteiger partial charge is 0.235 e. The van der Waals surface area contributed by atoms with Crippen LogP contribution in [0.1, 0.15) is 52.4 Å². The Morgan fingerprint density at radius 1 is 1.00 bits per heavy atom. The topological polar surface area (TPSA) is 58.9 Å². The molecule has 16 heavy (non-hydrogen) atoms. The first-order valence-electron chi connectivity index (χ1n) is 5.88. The number of rotatable bonds is 9. The number of hydrogen-bond donors (Lipinski definition) is 0. The number of unbranched alkanes of at least 4 members (excludes halogenated alkanes) is 1. The van der Waals surface area contributed by atoms with Crippen molar-refractivity contribution >= 4 is 12.2 Å². The highest BCUT2D eigenvalue weighted by molar-refractivity contribution is 5.33. The van der Waals surface area contributed by atoms with Gasteiger partial charge in [-0.15, -0.1) is 0 Å². The molecule has 0 aliphatic heterocycles. The second kappa shape index (κ2) is 10.3. The molecule has 0 aromatic rings. The van der Waals surface area contributed by atoms with Crippen LogP contribution >= 0.6 is 0 Å². The summed E-state index contributed by atoms with van der Waals surface area (Å²) in [5.74, 6) is 0. The third-order valence-corrected chi connectivity index (χ3v) is 2.54. The quantitative estimate of drug-likeness (QED) is 0.343. The van der Waals surface area contributed by atoms with Crippen molar-refractivity contribution < 1.29 is 9.59 Å². The van der Waals surface area contributed by atoms with Crippen LogP contribution in [0.25, 0.3) is 0 Å². The Morgan fingerprint density at radius 2 is 1.62 bits per heavy atom. The third kappa shape index (κ3) is 8.10. The zero-order valence-corrected chi connectivity index (χ0v) is 10.1. The van der Waals surface area contributed by atoms with Crippen LogP contribution in [0.3, 0.4) is 0 Å². The maximum atomic E-state index is 10.2. The first-order chi connectivity index (χ1) is 7.74. The SMILES string of the molecule is CCCC(CCCC[C@H](C)N=C=O)N=C=O. The fourth-order valence-electron chi connectivity index (χ4n) is 1.66. The molecule has 4 heteroatoms. The van der Waals surface area contributed by atoms with Crippen LogP contribution in [0.4, 0.5) is 0 Å². The van der Waals surface area contributed by atoms with Gasteiger partial charge in [0.25, 0.3) is 0 Å². The molecule has 0 saturated carbocycles. The van der Waals surface area contributed by atoms with Gasteiger partial charge >= 0.3 is 0 Å². The summed E-state index contributed by atoms with van der Waals surface area (Å²) in [6, 6.07) is 0.170. The van der Waals surface area contributed by atoms with Gasteiger partial charge in [0.15, 0.2) is 0 Å². The van der Waals surface area contributed by atoms with Crippen LogP contribution in [0.2, 0.25) is 0 Å². The Morgan fingerprint density at radius 3 is 2.19 bits per heavy atom. The monoisotopic (exact) mass is 224 g/mol. The van der Waals surface area contributed by atoms with Crippen molar-refractivity contribution in [2.24, 2.45) is 9.98 Å². The standard InChI is InChI=1S/C12H20N2O2/c1-3-6-12(14-10-16)8-5-4-7-11(2)13-9-15/h11-12H,3-8H2,1-2H3/t11-,12?/m0/s1. The zero-order chi connectivity index (χ0) is 12.2.